The molecule has 0 spiro atoms. The van der Waals surface area contributed by atoms with Crippen molar-refractivity contribution in [3.05, 3.63) is 29.8 Å². The van der Waals surface area contributed by atoms with E-state index in [0.29, 0.717) is 4.90 Å². The standard InChI is InChI=1S/C12H14O2S/c13-15(14)11-7-3-1-5-9(11)10-6-2-4-8-12(10)15/h1,3,5,7,10,12H,2,4,6,8H2/t10-,12+/m1/s1. The van der Waals surface area contributed by atoms with Crippen LogP contribution in [0.1, 0.15) is 37.2 Å². The van der Waals surface area contributed by atoms with Crippen molar-refractivity contribution in [1.82, 2.24) is 0 Å². The molecule has 1 aliphatic carbocycles. The predicted octanol–water partition coefficient (Wildman–Crippen LogP) is 2.50. The smallest absolute Gasteiger partial charge is 0.182 e. The first-order chi connectivity index (χ1) is 7.21. The molecule has 0 N–H and O–H groups in total. The first-order valence-corrected chi connectivity index (χ1v) is 7.09. The highest BCUT2D eigenvalue weighted by molar-refractivity contribution is 7.92. The monoisotopic (exact) mass is 222 g/mol. The molecule has 2 aliphatic rings. The summed E-state index contributed by atoms with van der Waals surface area (Å²) in [5, 5.41) is -0.122. The number of rotatable bonds is 0. The van der Waals surface area contributed by atoms with Crippen LogP contribution in [0.25, 0.3) is 0 Å². The van der Waals surface area contributed by atoms with Crippen LogP contribution in [-0.4, -0.2) is 13.7 Å². The highest BCUT2D eigenvalue weighted by atomic mass is 32.2. The van der Waals surface area contributed by atoms with Crippen LogP contribution in [0.5, 0.6) is 0 Å². The lowest BCUT2D eigenvalue weighted by molar-refractivity contribution is 0.446. The topological polar surface area (TPSA) is 34.1 Å². The van der Waals surface area contributed by atoms with Crippen LogP contribution in [0, 0.1) is 0 Å². The van der Waals surface area contributed by atoms with E-state index in [1.165, 1.54) is 6.42 Å². The van der Waals surface area contributed by atoms with Gasteiger partial charge in [-0.1, -0.05) is 31.0 Å². The summed E-state index contributed by atoms with van der Waals surface area (Å²) in [5.41, 5.74) is 1.07. The maximum Gasteiger partial charge on any atom is 0.182 e. The number of sulfone groups is 1. The second-order valence-corrected chi connectivity index (χ2v) is 6.65. The van der Waals surface area contributed by atoms with Crippen molar-refractivity contribution in [3.63, 3.8) is 0 Å². The zero-order valence-electron chi connectivity index (χ0n) is 8.52. The summed E-state index contributed by atoms with van der Waals surface area (Å²) >= 11 is 0. The van der Waals surface area contributed by atoms with Crippen molar-refractivity contribution in [2.24, 2.45) is 0 Å². The second-order valence-electron chi connectivity index (χ2n) is 4.51. The van der Waals surface area contributed by atoms with E-state index in [2.05, 4.69) is 0 Å². The Balaban J connectivity index is 2.22. The summed E-state index contributed by atoms with van der Waals surface area (Å²) in [6.45, 7) is 0. The Bertz CT molecular complexity index is 490. The number of fused-ring (bicyclic) bond motifs is 3. The van der Waals surface area contributed by atoms with Crippen LogP contribution >= 0.6 is 0 Å². The number of benzene rings is 1. The van der Waals surface area contributed by atoms with Gasteiger partial charge in [0.15, 0.2) is 9.84 Å². The zero-order chi connectivity index (χ0) is 10.5. The van der Waals surface area contributed by atoms with Crippen molar-refractivity contribution < 1.29 is 8.42 Å². The molecule has 2 nitrogen and oxygen atoms in total. The third-order valence-electron chi connectivity index (χ3n) is 3.73. The van der Waals surface area contributed by atoms with Gasteiger partial charge in [-0.2, -0.15) is 0 Å². The van der Waals surface area contributed by atoms with E-state index < -0.39 is 9.84 Å². The molecule has 1 heterocycles. The summed E-state index contributed by atoms with van der Waals surface area (Å²) in [4.78, 5) is 0.599. The minimum absolute atomic E-state index is 0.122. The molecule has 0 bridgehead atoms. The summed E-state index contributed by atoms with van der Waals surface area (Å²) < 4.78 is 24.4. The van der Waals surface area contributed by atoms with Crippen molar-refractivity contribution in [2.45, 2.75) is 41.7 Å². The van der Waals surface area contributed by atoms with Crippen molar-refractivity contribution >= 4 is 9.84 Å². The number of hydrogen-bond donors (Lipinski definition) is 0. The van der Waals surface area contributed by atoms with Gasteiger partial charge in [0.25, 0.3) is 0 Å². The maximum absolute atomic E-state index is 12.2. The van der Waals surface area contributed by atoms with E-state index in [0.717, 1.165) is 24.8 Å². The minimum Gasteiger partial charge on any atom is -0.223 e. The lowest BCUT2D eigenvalue weighted by Gasteiger charge is -2.23. The van der Waals surface area contributed by atoms with Gasteiger partial charge in [-0.3, -0.25) is 0 Å². The average molecular weight is 222 g/mol. The molecule has 0 unspecified atom stereocenters. The summed E-state index contributed by atoms with van der Waals surface area (Å²) in [6, 6.07) is 7.53. The van der Waals surface area contributed by atoms with Crippen molar-refractivity contribution in [1.29, 1.82) is 0 Å². The maximum atomic E-state index is 12.2. The summed E-state index contributed by atoms with van der Waals surface area (Å²) in [5.74, 6) is 0.278. The largest absolute Gasteiger partial charge is 0.223 e. The molecule has 1 aromatic rings. The van der Waals surface area contributed by atoms with Gasteiger partial charge in [0.1, 0.15) is 0 Å². The Morgan fingerprint density at radius 2 is 1.80 bits per heavy atom. The fourth-order valence-corrected chi connectivity index (χ4v) is 5.37. The Hall–Kier alpha value is -0.830. The van der Waals surface area contributed by atoms with Gasteiger partial charge in [-0.15, -0.1) is 0 Å². The minimum atomic E-state index is -3.01. The molecule has 2 atom stereocenters. The second kappa shape index (κ2) is 3.08. The predicted molar refractivity (Wildman–Crippen MR) is 58.6 cm³/mol. The van der Waals surface area contributed by atoms with Gasteiger partial charge in [-0.05, 0) is 24.5 Å². The van der Waals surface area contributed by atoms with E-state index in [1.54, 1.807) is 6.07 Å². The normalized spacial score (nSPS) is 32.0. The molecule has 0 aromatic heterocycles. The third kappa shape index (κ3) is 1.19. The van der Waals surface area contributed by atoms with Crippen molar-refractivity contribution in [3.8, 4) is 0 Å². The van der Waals surface area contributed by atoms with E-state index in [-0.39, 0.29) is 11.2 Å². The van der Waals surface area contributed by atoms with E-state index in [1.807, 2.05) is 18.2 Å². The van der Waals surface area contributed by atoms with Gasteiger partial charge >= 0.3 is 0 Å². The van der Waals surface area contributed by atoms with Gasteiger partial charge in [0, 0.05) is 5.92 Å². The number of hydrogen-bond acceptors (Lipinski definition) is 2. The molecule has 1 aromatic carbocycles. The van der Waals surface area contributed by atoms with Gasteiger partial charge in [0.05, 0.1) is 10.1 Å². The molecule has 0 saturated heterocycles. The molecular formula is C12H14O2S. The SMILES string of the molecule is O=S1(=O)c2ccccc2[C@H]2CCCC[C@@H]21. The quantitative estimate of drug-likeness (QED) is 0.676. The van der Waals surface area contributed by atoms with Crippen LogP contribution < -0.4 is 0 Å². The lowest BCUT2D eigenvalue weighted by Crippen LogP contribution is -2.24. The molecule has 15 heavy (non-hydrogen) atoms. The molecule has 0 amide bonds. The van der Waals surface area contributed by atoms with Crippen LogP contribution in [-0.2, 0) is 9.84 Å². The molecule has 1 saturated carbocycles. The van der Waals surface area contributed by atoms with Gasteiger partial charge < -0.3 is 0 Å². The Morgan fingerprint density at radius 1 is 1.07 bits per heavy atom. The van der Waals surface area contributed by atoms with Gasteiger partial charge in [0.2, 0.25) is 0 Å². The molecule has 3 rings (SSSR count). The zero-order valence-corrected chi connectivity index (χ0v) is 9.33. The third-order valence-corrected chi connectivity index (χ3v) is 6.07. The van der Waals surface area contributed by atoms with Crippen molar-refractivity contribution in [2.75, 3.05) is 0 Å². The summed E-state index contributed by atoms with van der Waals surface area (Å²) in [7, 11) is -3.01. The van der Waals surface area contributed by atoms with Crippen LogP contribution in [0.15, 0.2) is 29.2 Å². The highest BCUT2D eigenvalue weighted by Crippen LogP contribution is 2.47. The molecule has 80 valence electrons. The molecule has 1 aliphatic heterocycles. The van der Waals surface area contributed by atoms with E-state index in [9.17, 15) is 8.42 Å². The summed E-state index contributed by atoms with van der Waals surface area (Å²) in [6.07, 6.45) is 4.13. The van der Waals surface area contributed by atoms with E-state index in [4.69, 9.17) is 0 Å². The lowest BCUT2D eigenvalue weighted by atomic mass is 9.84. The molecule has 0 radical (unpaired) electrons. The van der Waals surface area contributed by atoms with Crippen LogP contribution in [0.4, 0.5) is 0 Å². The van der Waals surface area contributed by atoms with Crippen LogP contribution in [0.3, 0.4) is 0 Å². The highest BCUT2D eigenvalue weighted by Gasteiger charge is 2.45. The first-order valence-electron chi connectivity index (χ1n) is 5.54. The fourth-order valence-electron chi connectivity index (χ4n) is 3.03. The fraction of sp³-hybridized carbons (Fsp3) is 0.500. The molecule has 3 heteroatoms. The molecular weight excluding hydrogens is 208 g/mol. The Morgan fingerprint density at radius 3 is 2.67 bits per heavy atom. The average Bonchev–Trinajstić information content (AvgIpc) is 2.51. The van der Waals surface area contributed by atoms with Gasteiger partial charge in [-0.25, -0.2) is 8.42 Å². The Labute approximate surface area is 90.2 Å². The molecule has 1 fully saturated rings. The first kappa shape index (κ1) is 9.40. The van der Waals surface area contributed by atoms with E-state index >= 15 is 0 Å². The van der Waals surface area contributed by atoms with Crippen LogP contribution in [0.2, 0.25) is 0 Å². The Kier molecular flexibility index (Phi) is 1.93.